The van der Waals surface area contributed by atoms with Crippen LogP contribution in [0.3, 0.4) is 0 Å². The minimum atomic E-state index is -0.241. The maximum Gasteiger partial charge on any atom is 0.307 e. The first-order valence-corrected chi connectivity index (χ1v) is 4.74. The maximum atomic E-state index is 10.8. The van der Waals surface area contributed by atoms with Crippen LogP contribution in [0.4, 0.5) is 0 Å². The molecule has 0 saturated heterocycles. The van der Waals surface area contributed by atoms with E-state index in [4.69, 9.17) is 4.74 Å². The van der Waals surface area contributed by atoms with Gasteiger partial charge in [-0.25, -0.2) is 0 Å². The number of nitrogens with one attached hydrogen (secondary N) is 2. The third-order valence-electron chi connectivity index (χ3n) is 1.67. The molecule has 0 aromatic carbocycles. The van der Waals surface area contributed by atoms with Gasteiger partial charge in [0.15, 0.2) is 5.96 Å². The highest BCUT2D eigenvalue weighted by Crippen LogP contribution is 1.81. The Morgan fingerprint density at radius 1 is 1.27 bits per heavy atom. The van der Waals surface area contributed by atoms with Gasteiger partial charge in [0.1, 0.15) is 0 Å². The summed E-state index contributed by atoms with van der Waals surface area (Å²) in [5.41, 5.74) is 0. The number of rotatable bonds is 6. The van der Waals surface area contributed by atoms with Crippen LogP contribution in [-0.4, -0.2) is 52.9 Å². The van der Waals surface area contributed by atoms with Crippen LogP contribution in [0.5, 0.6) is 0 Å². The summed E-state index contributed by atoms with van der Waals surface area (Å²) in [5.74, 6) is 0.408. The van der Waals surface area contributed by atoms with Crippen molar-refractivity contribution >= 4 is 11.9 Å². The summed E-state index contributed by atoms with van der Waals surface area (Å²) in [6.45, 7) is 1.78. The van der Waals surface area contributed by atoms with Crippen LogP contribution >= 0.6 is 0 Å². The van der Waals surface area contributed by atoms with Gasteiger partial charge in [0.25, 0.3) is 0 Å². The number of esters is 1. The minimum absolute atomic E-state index is 0.241. The summed E-state index contributed by atoms with van der Waals surface area (Å²) >= 11 is 0. The van der Waals surface area contributed by atoms with Crippen LogP contribution in [0.1, 0.15) is 6.42 Å². The SMILES string of the molecule is CN=C(NCCOC)NCCC(=O)OC. The fourth-order valence-electron chi connectivity index (χ4n) is 0.877. The number of carbonyl (C=O) groups is 1. The molecule has 0 aliphatic carbocycles. The van der Waals surface area contributed by atoms with Crippen molar-refractivity contribution in [2.24, 2.45) is 4.99 Å². The molecule has 0 atom stereocenters. The van der Waals surface area contributed by atoms with E-state index in [2.05, 4.69) is 20.4 Å². The molecule has 6 nitrogen and oxygen atoms in total. The monoisotopic (exact) mass is 217 g/mol. The lowest BCUT2D eigenvalue weighted by molar-refractivity contribution is -0.140. The standard InChI is InChI=1S/C9H19N3O3/c1-10-9(12-6-7-14-2)11-5-4-8(13)15-3/h4-7H2,1-3H3,(H2,10,11,12). The van der Waals surface area contributed by atoms with Gasteiger partial charge >= 0.3 is 5.97 Å². The van der Waals surface area contributed by atoms with E-state index in [1.165, 1.54) is 7.11 Å². The van der Waals surface area contributed by atoms with E-state index < -0.39 is 0 Å². The molecule has 0 amide bonds. The third-order valence-corrected chi connectivity index (χ3v) is 1.67. The Balaban J connectivity index is 3.58. The van der Waals surface area contributed by atoms with Crippen molar-refractivity contribution in [3.05, 3.63) is 0 Å². The number of guanidine groups is 1. The highest BCUT2D eigenvalue weighted by molar-refractivity contribution is 5.80. The highest BCUT2D eigenvalue weighted by Gasteiger charge is 2.00. The Labute approximate surface area is 90.0 Å². The molecule has 0 rings (SSSR count). The van der Waals surface area contributed by atoms with Crippen molar-refractivity contribution in [1.29, 1.82) is 0 Å². The molecule has 0 aromatic rings. The van der Waals surface area contributed by atoms with Crippen molar-refractivity contribution in [3.63, 3.8) is 0 Å². The second-order valence-corrected chi connectivity index (χ2v) is 2.74. The van der Waals surface area contributed by atoms with Gasteiger partial charge in [0.05, 0.1) is 20.1 Å². The van der Waals surface area contributed by atoms with Crippen LogP contribution < -0.4 is 10.6 Å². The van der Waals surface area contributed by atoms with Gasteiger partial charge in [-0.1, -0.05) is 0 Å². The van der Waals surface area contributed by atoms with Gasteiger partial charge in [-0.2, -0.15) is 0 Å². The van der Waals surface area contributed by atoms with Crippen LogP contribution in [0.15, 0.2) is 4.99 Å². The van der Waals surface area contributed by atoms with Crippen molar-refractivity contribution < 1.29 is 14.3 Å². The van der Waals surface area contributed by atoms with E-state index >= 15 is 0 Å². The maximum absolute atomic E-state index is 10.8. The lowest BCUT2D eigenvalue weighted by Gasteiger charge is -2.10. The molecule has 0 fully saturated rings. The number of hydrogen-bond donors (Lipinski definition) is 2. The lowest BCUT2D eigenvalue weighted by atomic mass is 10.4. The summed E-state index contributed by atoms with van der Waals surface area (Å²) < 4.78 is 9.38. The van der Waals surface area contributed by atoms with Crippen LogP contribution in [-0.2, 0) is 14.3 Å². The summed E-state index contributed by atoms with van der Waals surface area (Å²) in [6.07, 6.45) is 0.321. The predicted octanol–water partition coefficient (Wildman–Crippen LogP) is -0.639. The first-order valence-electron chi connectivity index (χ1n) is 4.74. The number of aliphatic imine (C=N–C) groups is 1. The Kier molecular flexibility index (Phi) is 8.46. The van der Waals surface area contributed by atoms with Crippen molar-refractivity contribution in [1.82, 2.24) is 10.6 Å². The zero-order chi connectivity index (χ0) is 11.5. The molecule has 0 radical (unpaired) electrons. The number of carbonyl (C=O) groups excluding carboxylic acids is 1. The smallest absolute Gasteiger partial charge is 0.307 e. The molecule has 0 spiro atoms. The Bertz CT molecular complexity index is 207. The van der Waals surface area contributed by atoms with Gasteiger partial charge in [-0.05, 0) is 0 Å². The Morgan fingerprint density at radius 2 is 1.93 bits per heavy atom. The molecule has 0 aliphatic heterocycles. The Morgan fingerprint density at radius 3 is 2.47 bits per heavy atom. The van der Waals surface area contributed by atoms with E-state index in [-0.39, 0.29) is 5.97 Å². The number of ether oxygens (including phenoxy) is 2. The Hall–Kier alpha value is -1.30. The second-order valence-electron chi connectivity index (χ2n) is 2.74. The second kappa shape index (κ2) is 9.26. The van der Waals surface area contributed by atoms with Gasteiger partial charge in [-0.3, -0.25) is 9.79 Å². The average Bonchev–Trinajstić information content (AvgIpc) is 2.26. The first kappa shape index (κ1) is 13.7. The van der Waals surface area contributed by atoms with Crippen LogP contribution in [0, 0.1) is 0 Å². The molecule has 88 valence electrons. The molecule has 0 aliphatic rings. The zero-order valence-corrected chi connectivity index (χ0v) is 9.50. The average molecular weight is 217 g/mol. The predicted molar refractivity (Wildman–Crippen MR) is 57.9 cm³/mol. The molecule has 0 heterocycles. The summed E-state index contributed by atoms with van der Waals surface area (Å²) in [5, 5.41) is 6.00. The fourth-order valence-corrected chi connectivity index (χ4v) is 0.877. The third kappa shape index (κ3) is 7.75. The quantitative estimate of drug-likeness (QED) is 0.268. The van der Waals surface area contributed by atoms with E-state index in [1.807, 2.05) is 0 Å². The molecule has 0 saturated carbocycles. The van der Waals surface area contributed by atoms with E-state index in [1.54, 1.807) is 14.2 Å². The van der Waals surface area contributed by atoms with Gasteiger partial charge in [0.2, 0.25) is 0 Å². The number of methoxy groups -OCH3 is 2. The molecule has 2 N–H and O–H groups in total. The highest BCUT2D eigenvalue weighted by atomic mass is 16.5. The summed E-state index contributed by atoms with van der Waals surface area (Å²) in [7, 11) is 4.67. The first-order chi connectivity index (χ1) is 7.24. The summed E-state index contributed by atoms with van der Waals surface area (Å²) in [6, 6.07) is 0. The van der Waals surface area contributed by atoms with E-state index in [0.717, 1.165) is 0 Å². The normalized spacial score (nSPS) is 11.0. The van der Waals surface area contributed by atoms with Gasteiger partial charge in [-0.15, -0.1) is 0 Å². The molecule has 0 aromatic heterocycles. The zero-order valence-electron chi connectivity index (χ0n) is 9.50. The molecule has 0 unspecified atom stereocenters. The van der Waals surface area contributed by atoms with E-state index in [0.29, 0.717) is 32.1 Å². The van der Waals surface area contributed by atoms with Crippen molar-refractivity contribution in [2.45, 2.75) is 6.42 Å². The molecule has 15 heavy (non-hydrogen) atoms. The lowest BCUT2D eigenvalue weighted by Crippen LogP contribution is -2.39. The largest absolute Gasteiger partial charge is 0.469 e. The molecule has 6 heteroatoms. The fraction of sp³-hybridized carbons (Fsp3) is 0.778. The van der Waals surface area contributed by atoms with Crippen molar-refractivity contribution in [3.8, 4) is 0 Å². The van der Waals surface area contributed by atoms with Crippen LogP contribution in [0.25, 0.3) is 0 Å². The van der Waals surface area contributed by atoms with E-state index in [9.17, 15) is 4.79 Å². The number of hydrogen-bond acceptors (Lipinski definition) is 4. The van der Waals surface area contributed by atoms with Gasteiger partial charge in [0, 0.05) is 27.2 Å². The number of nitrogens with zero attached hydrogens (tertiary/aromatic N) is 1. The molecule has 0 bridgehead atoms. The molecular formula is C9H19N3O3. The topological polar surface area (TPSA) is 72.0 Å². The van der Waals surface area contributed by atoms with Crippen molar-refractivity contribution in [2.75, 3.05) is 41.0 Å². The van der Waals surface area contributed by atoms with Crippen LogP contribution in [0.2, 0.25) is 0 Å². The van der Waals surface area contributed by atoms with Gasteiger partial charge < -0.3 is 20.1 Å². The molecular weight excluding hydrogens is 198 g/mol. The minimum Gasteiger partial charge on any atom is -0.469 e. The summed E-state index contributed by atoms with van der Waals surface area (Å²) in [4.78, 5) is 14.8.